The monoisotopic (exact) mass is 450 g/mol. The third-order valence-electron chi connectivity index (χ3n) is 5.95. The molecule has 6 nitrogen and oxygen atoms in total. The molecule has 164 valence electrons. The number of halogens is 1. The second-order valence-electron chi connectivity index (χ2n) is 8.01. The van der Waals surface area contributed by atoms with E-state index in [9.17, 15) is 4.79 Å². The Bertz CT molecular complexity index is 844. The second kappa shape index (κ2) is 11.2. The topological polar surface area (TPSA) is 69.0 Å². The summed E-state index contributed by atoms with van der Waals surface area (Å²) in [6.45, 7) is 5.85. The molecule has 3 rings (SSSR count). The maximum absolute atomic E-state index is 12.6. The molecule has 2 aromatic rings. The molecule has 0 bridgehead atoms. The van der Waals surface area contributed by atoms with E-state index in [1.165, 1.54) is 24.6 Å². The Morgan fingerprint density at radius 1 is 1.30 bits per heavy atom. The second-order valence-corrected chi connectivity index (χ2v) is 9.36. The molecule has 1 fully saturated rings. The minimum absolute atomic E-state index is 0.0525. The molecular formula is C22H31ClN4O2S. The molecule has 1 aromatic carbocycles. The zero-order valence-electron chi connectivity index (χ0n) is 17.9. The Labute approximate surface area is 188 Å². The number of rotatable bonds is 9. The van der Waals surface area contributed by atoms with E-state index in [-0.39, 0.29) is 11.9 Å². The largest absolute Gasteiger partial charge is 0.385 e. The van der Waals surface area contributed by atoms with Gasteiger partial charge in [0, 0.05) is 31.9 Å². The summed E-state index contributed by atoms with van der Waals surface area (Å²) in [4.78, 5) is 12.6. The maximum atomic E-state index is 12.6. The van der Waals surface area contributed by atoms with Crippen molar-refractivity contribution in [2.75, 3.05) is 19.5 Å². The van der Waals surface area contributed by atoms with Gasteiger partial charge < -0.3 is 14.6 Å². The summed E-state index contributed by atoms with van der Waals surface area (Å²) in [5, 5.41) is 13.3. The number of amides is 1. The Kier molecular flexibility index (Phi) is 8.60. The highest BCUT2D eigenvalue weighted by Gasteiger charge is 2.28. The summed E-state index contributed by atoms with van der Waals surface area (Å²) < 4.78 is 7.23. The van der Waals surface area contributed by atoms with Crippen molar-refractivity contribution in [2.24, 2.45) is 11.8 Å². The van der Waals surface area contributed by atoms with Gasteiger partial charge in [-0.2, -0.15) is 0 Å². The van der Waals surface area contributed by atoms with E-state index in [0.29, 0.717) is 41.6 Å². The van der Waals surface area contributed by atoms with E-state index < -0.39 is 0 Å². The number of nitrogens with zero attached hydrogens (tertiary/aromatic N) is 3. The zero-order valence-corrected chi connectivity index (χ0v) is 19.5. The van der Waals surface area contributed by atoms with Crippen LogP contribution in [0.4, 0.5) is 0 Å². The van der Waals surface area contributed by atoms with Gasteiger partial charge >= 0.3 is 0 Å². The summed E-state index contributed by atoms with van der Waals surface area (Å²) in [5.74, 6) is 2.25. The van der Waals surface area contributed by atoms with E-state index in [4.69, 9.17) is 16.3 Å². The van der Waals surface area contributed by atoms with Crippen molar-refractivity contribution in [3.05, 3.63) is 29.3 Å². The number of thioether (sulfide) groups is 1. The number of methoxy groups -OCH3 is 1. The molecule has 30 heavy (non-hydrogen) atoms. The lowest BCUT2D eigenvalue weighted by Gasteiger charge is -2.34. The zero-order chi connectivity index (χ0) is 21.5. The standard InChI is InChI=1S/C22H31ClN4O2S/c1-15-8-6-11-19(16(15)2)24-20(28)14-30-22-26-25-21(27(22)12-7-13-29-3)17-9-4-5-10-18(17)23/h4-5,9-10,15-16,19H,6-8,11-14H2,1-3H3,(H,24,28). The minimum Gasteiger partial charge on any atom is -0.385 e. The summed E-state index contributed by atoms with van der Waals surface area (Å²) in [6.07, 6.45) is 4.31. The summed E-state index contributed by atoms with van der Waals surface area (Å²) in [7, 11) is 1.69. The van der Waals surface area contributed by atoms with Gasteiger partial charge in [0.1, 0.15) is 0 Å². The Hall–Kier alpha value is -1.57. The quantitative estimate of drug-likeness (QED) is 0.444. The Balaban J connectivity index is 1.69. The molecule has 1 aliphatic rings. The van der Waals surface area contributed by atoms with E-state index in [1.807, 2.05) is 28.8 Å². The number of hydrogen-bond donors (Lipinski definition) is 1. The van der Waals surface area contributed by atoms with Crippen molar-refractivity contribution in [1.29, 1.82) is 0 Å². The molecule has 0 saturated heterocycles. The highest BCUT2D eigenvalue weighted by atomic mass is 35.5. The highest BCUT2D eigenvalue weighted by Crippen LogP contribution is 2.31. The molecule has 0 spiro atoms. The third kappa shape index (κ3) is 5.77. The minimum atomic E-state index is 0.0525. The average molecular weight is 451 g/mol. The van der Waals surface area contributed by atoms with Crippen molar-refractivity contribution in [3.63, 3.8) is 0 Å². The van der Waals surface area contributed by atoms with Gasteiger partial charge in [-0.05, 0) is 36.8 Å². The average Bonchev–Trinajstić information content (AvgIpc) is 3.13. The third-order valence-corrected chi connectivity index (χ3v) is 7.24. The summed E-state index contributed by atoms with van der Waals surface area (Å²) in [6, 6.07) is 7.87. The van der Waals surface area contributed by atoms with Gasteiger partial charge in [0.2, 0.25) is 5.91 Å². The van der Waals surface area contributed by atoms with E-state index in [0.717, 1.165) is 23.6 Å². The molecular weight excluding hydrogens is 420 g/mol. The SMILES string of the molecule is COCCCn1c(SCC(=O)NC2CCCC(C)C2C)nnc1-c1ccccc1Cl. The number of hydrogen-bond acceptors (Lipinski definition) is 5. The van der Waals surface area contributed by atoms with Crippen LogP contribution in [0.5, 0.6) is 0 Å². The fraction of sp³-hybridized carbons (Fsp3) is 0.591. The lowest BCUT2D eigenvalue weighted by molar-refractivity contribution is -0.120. The first-order valence-electron chi connectivity index (χ1n) is 10.6. The molecule has 1 aliphatic carbocycles. The first-order valence-corrected chi connectivity index (χ1v) is 12.0. The molecule has 3 atom stereocenters. The van der Waals surface area contributed by atoms with Gasteiger partial charge in [0.25, 0.3) is 0 Å². The number of carbonyl (C=O) groups excluding carboxylic acids is 1. The number of ether oxygens (including phenoxy) is 1. The van der Waals surface area contributed by atoms with Crippen molar-refractivity contribution < 1.29 is 9.53 Å². The van der Waals surface area contributed by atoms with Crippen LogP contribution in [0.25, 0.3) is 11.4 Å². The molecule has 1 heterocycles. The van der Waals surface area contributed by atoms with Crippen molar-refractivity contribution in [3.8, 4) is 11.4 Å². The van der Waals surface area contributed by atoms with Crippen LogP contribution < -0.4 is 5.32 Å². The van der Waals surface area contributed by atoms with Crippen LogP contribution in [0.3, 0.4) is 0 Å². The first-order chi connectivity index (χ1) is 14.5. The summed E-state index contributed by atoms with van der Waals surface area (Å²) >= 11 is 7.80. The predicted octanol–water partition coefficient (Wildman–Crippen LogP) is 4.67. The van der Waals surface area contributed by atoms with Crippen LogP contribution >= 0.6 is 23.4 Å². The lowest BCUT2D eigenvalue weighted by atomic mass is 9.78. The van der Waals surface area contributed by atoms with Crippen molar-refractivity contribution >= 4 is 29.3 Å². The molecule has 3 unspecified atom stereocenters. The molecule has 8 heteroatoms. The Morgan fingerprint density at radius 3 is 2.87 bits per heavy atom. The predicted molar refractivity (Wildman–Crippen MR) is 122 cm³/mol. The lowest BCUT2D eigenvalue weighted by Crippen LogP contribution is -2.44. The molecule has 0 aliphatic heterocycles. The number of aromatic nitrogens is 3. The normalized spacial score (nSPS) is 21.5. The van der Waals surface area contributed by atoms with E-state index >= 15 is 0 Å². The van der Waals surface area contributed by atoms with Crippen LogP contribution in [0.2, 0.25) is 5.02 Å². The van der Waals surface area contributed by atoms with E-state index in [1.54, 1.807) is 7.11 Å². The van der Waals surface area contributed by atoms with Gasteiger partial charge in [0.05, 0.1) is 10.8 Å². The van der Waals surface area contributed by atoms with Gasteiger partial charge in [-0.15, -0.1) is 10.2 Å². The summed E-state index contributed by atoms with van der Waals surface area (Å²) in [5.41, 5.74) is 0.838. The van der Waals surface area contributed by atoms with Gasteiger partial charge in [-0.3, -0.25) is 4.79 Å². The highest BCUT2D eigenvalue weighted by molar-refractivity contribution is 7.99. The van der Waals surface area contributed by atoms with Crippen LogP contribution in [0.1, 0.15) is 39.5 Å². The van der Waals surface area contributed by atoms with Crippen LogP contribution in [0, 0.1) is 11.8 Å². The number of nitrogens with one attached hydrogen (secondary N) is 1. The fourth-order valence-electron chi connectivity index (χ4n) is 3.97. The Morgan fingerprint density at radius 2 is 2.10 bits per heavy atom. The van der Waals surface area contributed by atoms with E-state index in [2.05, 4.69) is 29.4 Å². The molecule has 1 saturated carbocycles. The fourth-order valence-corrected chi connectivity index (χ4v) is 4.97. The van der Waals surface area contributed by atoms with Gasteiger partial charge in [0.15, 0.2) is 11.0 Å². The smallest absolute Gasteiger partial charge is 0.230 e. The number of benzene rings is 1. The molecule has 1 N–H and O–H groups in total. The molecule has 1 aromatic heterocycles. The molecule has 1 amide bonds. The van der Waals surface area contributed by atoms with Crippen LogP contribution in [-0.4, -0.2) is 46.2 Å². The maximum Gasteiger partial charge on any atom is 0.230 e. The van der Waals surface area contributed by atoms with Crippen molar-refractivity contribution in [2.45, 2.75) is 57.3 Å². The first kappa shape index (κ1) is 23.1. The van der Waals surface area contributed by atoms with Gasteiger partial charge in [-0.1, -0.05) is 62.2 Å². The van der Waals surface area contributed by atoms with Crippen LogP contribution in [-0.2, 0) is 16.1 Å². The number of carbonyl (C=O) groups is 1. The molecule has 0 radical (unpaired) electrons. The van der Waals surface area contributed by atoms with Gasteiger partial charge in [-0.25, -0.2) is 0 Å². The van der Waals surface area contributed by atoms with Crippen molar-refractivity contribution in [1.82, 2.24) is 20.1 Å². The van der Waals surface area contributed by atoms with Crippen LogP contribution in [0.15, 0.2) is 29.4 Å².